The number of nitrogens with zero attached hydrogens (tertiary/aromatic N) is 2. The fraction of sp³-hybridized carbons (Fsp3) is 0.600. The third-order valence-electron chi connectivity index (χ3n) is 2.23. The summed E-state index contributed by atoms with van der Waals surface area (Å²) in [6.07, 6.45) is 4.41. The molecule has 1 heterocycles. The van der Waals surface area contributed by atoms with Crippen LogP contribution in [-0.2, 0) is 11.3 Å². The van der Waals surface area contributed by atoms with Gasteiger partial charge in [-0.25, -0.2) is 4.79 Å². The maximum atomic E-state index is 10.6. The molecule has 0 spiro atoms. The first-order chi connectivity index (χ1) is 7.52. The highest BCUT2D eigenvalue weighted by Gasteiger charge is 2.28. The summed E-state index contributed by atoms with van der Waals surface area (Å²) in [5.74, 6) is -1.22. The van der Waals surface area contributed by atoms with Crippen molar-refractivity contribution in [3.05, 3.63) is 18.5 Å². The quantitative estimate of drug-likeness (QED) is 0.557. The lowest BCUT2D eigenvalue weighted by Crippen LogP contribution is -2.45. The number of carbonyl (C=O) groups is 1. The van der Waals surface area contributed by atoms with Crippen LogP contribution < -0.4 is 5.32 Å². The van der Waals surface area contributed by atoms with Gasteiger partial charge in [-0.05, 0) is 26.0 Å². The number of hydrogen-bond acceptors (Lipinski definition) is 4. The summed E-state index contributed by atoms with van der Waals surface area (Å²) in [4.78, 5) is 10.6. The van der Waals surface area contributed by atoms with Crippen molar-refractivity contribution in [1.29, 1.82) is 0 Å². The molecule has 0 saturated heterocycles. The number of rotatable bonds is 7. The molecule has 1 atom stereocenters. The van der Waals surface area contributed by atoms with E-state index in [0.29, 0.717) is 6.54 Å². The first kappa shape index (κ1) is 12.7. The van der Waals surface area contributed by atoms with Crippen molar-refractivity contribution in [2.45, 2.75) is 25.5 Å². The van der Waals surface area contributed by atoms with Crippen molar-refractivity contribution in [1.82, 2.24) is 15.1 Å². The molecule has 16 heavy (non-hydrogen) atoms. The van der Waals surface area contributed by atoms with E-state index in [2.05, 4.69) is 10.4 Å². The van der Waals surface area contributed by atoms with E-state index in [-0.39, 0.29) is 6.54 Å². The number of hydrogen-bond donors (Lipinski definition) is 3. The van der Waals surface area contributed by atoms with Gasteiger partial charge in [0.1, 0.15) is 0 Å². The zero-order chi connectivity index (χ0) is 12.0. The van der Waals surface area contributed by atoms with Gasteiger partial charge in [-0.3, -0.25) is 4.68 Å². The molecule has 0 amide bonds. The van der Waals surface area contributed by atoms with E-state index in [4.69, 9.17) is 5.11 Å². The van der Waals surface area contributed by atoms with Gasteiger partial charge in [0.05, 0.1) is 0 Å². The van der Waals surface area contributed by atoms with Crippen LogP contribution in [0.2, 0.25) is 0 Å². The summed E-state index contributed by atoms with van der Waals surface area (Å²) in [6.45, 7) is 2.73. The first-order valence-electron chi connectivity index (χ1n) is 5.16. The second-order valence-corrected chi connectivity index (χ2v) is 3.88. The van der Waals surface area contributed by atoms with Crippen molar-refractivity contribution in [2.24, 2.45) is 0 Å². The Balaban J connectivity index is 2.10. The molecule has 6 nitrogen and oxygen atoms in total. The zero-order valence-electron chi connectivity index (χ0n) is 9.26. The number of carboxylic acids is 1. The lowest BCUT2D eigenvalue weighted by molar-refractivity contribution is -0.156. The molecule has 0 fully saturated rings. The number of carboxylic acid groups (broad SMARTS) is 1. The van der Waals surface area contributed by atoms with Crippen LogP contribution in [0.4, 0.5) is 0 Å². The van der Waals surface area contributed by atoms with E-state index in [1.807, 2.05) is 12.3 Å². The fourth-order valence-electron chi connectivity index (χ4n) is 1.21. The molecule has 6 heteroatoms. The lowest BCUT2D eigenvalue weighted by Gasteiger charge is -2.18. The molecule has 0 aliphatic carbocycles. The molecule has 1 rings (SSSR count). The summed E-state index contributed by atoms with van der Waals surface area (Å²) in [6, 6.07) is 1.85. The Bertz CT molecular complexity index is 322. The smallest absolute Gasteiger partial charge is 0.336 e. The van der Waals surface area contributed by atoms with Crippen LogP contribution in [-0.4, -0.2) is 44.7 Å². The van der Waals surface area contributed by atoms with Gasteiger partial charge in [0.2, 0.25) is 0 Å². The van der Waals surface area contributed by atoms with Crippen molar-refractivity contribution in [2.75, 3.05) is 13.1 Å². The molecule has 0 radical (unpaired) electrons. The van der Waals surface area contributed by atoms with Gasteiger partial charge in [0.25, 0.3) is 0 Å². The molecular weight excluding hydrogens is 210 g/mol. The summed E-state index contributed by atoms with van der Waals surface area (Å²) in [7, 11) is 0. The summed E-state index contributed by atoms with van der Waals surface area (Å²) in [5.41, 5.74) is -1.70. The molecule has 0 bridgehead atoms. The molecule has 1 unspecified atom stereocenters. The van der Waals surface area contributed by atoms with E-state index >= 15 is 0 Å². The molecule has 1 aromatic heterocycles. The van der Waals surface area contributed by atoms with Crippen molar-refractivity contribution in [3.63, 3.8) is 0 Å². The first-order valence-corrected chi connectivity index (χ1v) is 5.16. The van der Waals surface area contributed by atoms with Crippen molar-refractivity contribution < 1.29 is 15.0 Å². The fourth-order valence-corrected chi connectivity index (χ4v) is 1.21. The summed E-state index contributed by atoms with van der Waals surface area (Å²) >= 11 is 0. The summed E-state index contributed by atoms with van der Waals surface area (Å²) < 4.78 is 1.80. The van der Waals surface area contributed by atoms with Gasteiger partial charge >= 0.3 is 5.97 Å². The number of aliphatic carboxylic acids is 1. The van der Waals surface area contributed by atoms with Crippen LogP contribution in [0.1, 0.15) is 13.3 Å². The van der Waals surface area contributed by atoms with Gasteiger partial charge < -0.3 is 15.5 Å². The third-order valence-corrected chi connectivity index (χ3v) is 2.23. The molecule has 90 valence electrons. The van der Waals surface area contributed by atoms with Crippen LogP contribution in [0.25, 0.3) is 0 Å². The zero-order valence-corrected chi connectivity index (χ0v) is 9.26. The predicted molar refractivity (Wildman–Crippen MR) is 58.0 cm³/mol. The highest BCUT2D eigenvalue weighted by molar-refractivity contribution is 5.76. The second kappa shape index (κ2) is 5.62. The average molecular weight is 227 g/mol. The predicted octanol–water partition coefficient (Wildman–Crippen LogP) is -0.302. The van der Waals surface area contributed by atoms with Crippen molar-refractivity contribution in [3.8, 4) is 0 Å². The average Bonchev–Trinajstić information content (AvgIpc) is 2.69. The Hall–Kier alpha value is -1.40. The van der Waals surface area contributed by atoms with Gasteiger partial charge in [-0.1, -0.05) is 0 Å². The number of aromatic nitrogens is 2. The van der Waals surface area contributed by atoms with Crippen LogP contribution in [0.5, 0.6) is 0 Å². The standard InChI is InChI=1S/C10H17N3O3/c1-10(16,9(14)15)8-11-4-2-6-13-7-3-5-12-13/h3,5,7,11,16H,2,4,6,8H2,1H3,(H,14,15). The van der Waals surface area contributed by atoms with Gasteiger partial charge in [0.15, 0.2) is 5.60 Å². The molecule has 0 aliphatic rings. The molecule has 3 N–H and O–H groups in total. The molecule has 0 aliphatic heterocycles. The van der Waals surface area contributed by atoms with Crippen LogP contribution >= 0.6 is 0 Å². The van der Waals surface area contributed by atoms with E-state index in [1.54, 1.807) is 10.9 Å². The monoisotopic (exact) mass is 227 g/mol. The maximum absolute atomic E-state index is 10.6. The molecular formula is C10H17N3O3. The normalized spacial score (nSPS) is 14.6. The minimum Gasteiger partial charge on any atom is -0.479 e. The number of aryl methyl sites for hydroxylation is 1. The minimum absolute atomic E-state index is 0.0431. The van der Waals surface area contributed by atoms with Gasteiger partial charge in [-0.15, -0.1) is 0 Å². The van der Waals surface area contributed by atoms with E-state index in [0.717, 1.165) is 13.0 Å². The Morgan fingerprint density at radius 3 is 2.94 bits per heavy atom. The molecule has 1 aromatic rings. The summed E-state index contributed by atoms with van der Waals surface area (Å²) in [5, 5.41) is 25.0. The Morgan fingerprint density at radius 2 is 2.38 bits per heavy atom. The van der Waals surface area contributed by atoms with E-state index < -0.39 is 11.6 Å². The SMILES string of the molecule is CC(O)(CNCCCn1cccn1)C(=O)O. The van der Waals surface area contributed by atoms with Gasteiger partial charge in [-0.2, -0.15) is 5.10 Å². The largest absolute Gasteiger partial charge is 0.479 e. The topological polar surface area (TPSA) is 87.4 Å². The minimum atomic E-state index is -1.70. The van der Waals surface area contributed by atoms with Crippen molar-refractivity contribution >= 4 is 5.97 Å². The van der Waals surface area contributed by atoms with E-state index in [9.17, 15) is 9.90 Å². The third kappa shape index (κ3) is 4.00. The molecule has 0 saturated carbocycles. The number of aliphatic hydroxyl groups is 1. The second-order valence-electron chi connectivity index (χ2n) is 3.88. The Kier molecular flexibility index (Phi) is 4.45. The highest BCUT2D eigenvalue weighted by Crippen LogP contribution is 2.00. The van der Waals surface area contributed by atoms with Crippen LogP contribution in [0.15, 0.2) is 18.5 Å². The maximum Gasteiger partial charge on any atom is 0.336 e. The molecule has 0 aromatic carbocycles. The van der Waals surface area contributed by atoms with Crippen LogP contribution in [0.3, 0.4) is 0 Å². The number of nitrogens with one attached hydrogen (secondary N) is 1. The van der Waals surface area contributed by atoms with Gasteiger partial charge in [0, 0.05) is 25.5 Å². The van der Waals surface area contributed by atoms with E-state index in [1.165, 1.54) is 6.92 Å². The Morgan fingerprint density at radius 1 is 1.62 bits per heavy atom. The lowest BCUT2D eigenvalue weighted by atomic mass is 10.1. The Labute approximate surface area is 93.9 Å². The van der Waals surface area contributed by atoms with Crippen LogP contribution in [0, 0.1) is 0 Å². The highest BCUT2D eigenvalue weighted by atomic mass is 16.4.